The van der Waals surface area contributed by atoms with Crippen molar-refractivity contribution in [3.63, 3.8) is 0 Å². The molecule has 0 amide bonds. The van der Waals surface area contributed by atoms with Gasteiger partial charge in [0.1, 0.15) is 0 Å². The highest BCUT2D eigenvalue weighted by molar-refractivity contribution is 9.11. The maximum atomic E-state index is 3.85. The van der Waals surface area contributed by atoms with Crippen molar-refractivity contribution in [3.05, 3.63) is 47.0 Å². The van der Waals surface area contributed by atoms with Gasteiger partial charge in [0.2, 0.25) is 0 Å². The molecule has 1 nitrogen and oxygen atoms in total. The first kappa shape index (κ1) is 13.5. The van der Waals surface area contributed by atoms with Crippen LogP contribution < -0.4 is 5.32 Å². The first-order valence-corrected chi connectivity index (χ1v) is 6.50. The Hall–Kier alpha value is -0.600. The highest BCUT2D eigenvalue weighted by Gasteiger charge is 2.12. The molecule has 0 bridgehead atoms. The van der Waals surface area contributed by atoms with E-state index in [0.717, 1.165) is 17.4 Å². The van der Waals surface area contributed by atoms with E-state index in [0.29, 0.717) is 12.0 Å². The summed E-state index contributed by atoms with van der Waals surface area (Å²) in [7, 11) is 0. The lowest BCUT2D eigenvalue weighted by molar-refractivity contribution is 0.444. The van der Waals surface area contributed by atoms with E-state index in [4.69, 9.17) is 0 Å². The van der Waals surface area contributed by atoms with E-state index < -0.39 is 0 Å². The molecule has 0 radical (unpaired) electrons. The Labute approximate surface area is 107 Å². The summed E-state index contributed by atoms with van der Waals surface area (Å²) in [6.07, 6.45) is 1.14. The van der Waals surface area contributed by atoms with Gasteiger partial charge in [-0.1, -0.05) is 66.7 Å². The first-order chi connectivity index (χ1) is 7.59. The molecule has 1 unspecified atom stereocenters. The van der Waals surface area contributed by atoms with E-state index in [2.05, 4.69) is 72.0 Å². The Morgan fingerprint density at radius 3 is 2.44 bits per heavy atom. The molecule has 1 aromatic rings. The molecule has 0 fully saturated rings. The molecule has 1 N–H and O–H groups in total. The van der Waals surface area contributed by atoms with Crippen molar-refractivity contribution >= 4 is 15.9 Å². The third-order valence-electron chi connectivity index (χ3n) is 2.45. The van der Waals surface area contributed by atoms with Crippen LogP contribution in [0.2, 0.25) is 0 Å². The van der Waals surface area contributed by atoms with Crippen LogP contribution in [0, 0.1) is 5.92 Å². The quantitative estimate of drug-likeness (QED) is 0.821. The molecule has 0 spiro atoms. The Morgan fingerprint density at radius 2 is 1.94 bits per heavy atom. The highest BCUT2D eigenvalue weighted by Crippen LogP contribution is 2.21. The van der Waals surface area contributed by atoms with Gasteiger partial charge in [0.05, 0.1) is 0 Å². The minimum Gasteiger partial charge on any atom is -0.305 e. The summed E-state index contributed by atoms with van der Waals surface area (Å²) in [6, 6.07) is 11.0. The van der Waals surface area contributed by atoms with Crippen molar-refractivity contribution < 1.29 is 0 Å². The summed E-state index contributed by atoms with van der Waals surface area (Å²) >= 11 is 3.38. The molecule has 1 rings (SSSR count). The Balaban J connectivity index is 2.67. The van der Waals surface area contributed by atoms with Gasteiger partial charge in [0, 0.05) is 17.1 Å². The number of halogens is 1. The maximum Gasteiger partial charge on any atom is 0.0325 e. The minimum absolute atomic E-state index is 0.412. The molecule has 16 heavy (non-hydrogen) atoms. The summed E-state index contributed by atoms with van der Waals surface area (Å²) in [4.78, 5) is 0. The zero-order valence-electron chi connectivity index (χ0n) is 10.0. The van der Waals surface area contributed by atoms with E-state index in [1.54, 1.807) is 0 Å². The summed E-state index contributed by atoms with van der Waals surface area (Å²) in [5.74, 6) is 0.682. The average Bonchev–Trinajstić information content (AvgIpc) is 2.25. The molecular weight excluding hydrogens is 262 g/mol. The molecule has 0 saturated carbocycles. The molecule has 0 aromatic heterocycles. The minimum atomic E-state index is 0.412. The van der Waals surface area contributed by atoms with Gasteiger partial charge in [-0.15, -0.1) is 0 Å². The topological polar surface area (TPSA) is 12.0 Å². The van der Waals surface area contributed by atoms with Crippen LogP contribution in [0.15, 0.2) is 41.4 Å². The molecule has 2 heteroatoms. The van der Waals surface area contributed by atoms with Crippen molar-refractivity contribution in [2.75, 3.05) is 6.54 Å². The standard InChI is InChI=1S/C14H20BrN/c1-11(2)9-14(16-10-12(3)15)13-7-5-4-6-8-13/h4-8,11,14,16H,3,9-10H2,1-2H3. The molecule has 0 heterocycles. The second-order valence-corrected chi connectivity index (χ2v) is 5.61. The number of hydrogen-bond donors (Lipinski definition) is 1. The van der Waals surface area contributed by atoms with Gasteiger partial charge in [-0.05, 0) is 17.9 Å². The SMILES string of the molecule is C=C(Br)CNC(CC(C)C)c1ccccc1. The lowest BCUT2D eigenvalue weighted by Gasteiger charge is -2.21. The third-order valence-corrected chi connectivity index (χ3v) is 2.73. The van der Waals surface area contributed by atoms with Gasteiger partial charge in [0.15, 0.2) is 0 Å². The normalized spacial score (nSPS) is 12.8. The zero-order valence-corrected chi connectivity index (χ0v) is 11.6. The Kier molecular flexibility index (Phi) is 5.78. The molecule has 0 aliphatic carbocycles. The van der Waals surface area contributed by atoms with Gasteiger partial charge in [0.25, 0.3) is 0 Å². The van der Waals surface area contributed by atoms with Crippen LogP contribution >= 0.6 is 15.9 Å². The van der Waals surface area contributed by atoms with E-state index in [9.17, 15) is 0 Å². The summed E-state index contributed by atoms with van der Waals surface area (Å²) < 4.78 is 0.997. The van der Waals surface area contributed by atoms with Crippen LogP contribution in [0.3, 0.4) is 0 Å². The van der Waals surface area contributed by atoms with Crippen molar-refractivity contribution in [3.8, 4) is 0 Å². The van der Waals surface area contributed by atoms with Crippen molar-refractivity contribution in [1.29, 1.82) is 0 Å². The van der Waals surface area contributed by atoms with Crippen molar-refractivity contribution in [1.82, 2.24) is 5.32 Å². The van der Waals surface area contributed by atoms with Crippen molar-refractivity contribution in [2.24, 2.45) is 5.92 Å². The van der Waals surface area contributed by atoms with Crippen LogP contribution in [0.5, 0.6) is 0 Å². The summed E-state index contributed by atoms with van der Waals surface area (Å²) in [6.45, 7) is 9.17. The Bertz CT molecular complexity index is 319. The van der Waals surface area contributed by atoms with Crippen LogP contribution in [-0.4, -0.2) is 6.54 Å². The second-order valence-electron chi connectivity index (χ2n) is 4.49. The van der Waals surface area contributed by atoms with Crippen LogP contribution in [0.4, 0.5) is 0 Å². The van der Waals surface area contributed by atoms with Gasteiger partial charge < -0.3 is 5.32 Å². The zero-order chi connectivity index (χ0) is 12.0. The van der Waals surface area contributed by atoms with Crippen LogP contribution in [-0.2, 0) is 0 Å². The second kappa shape index (κ2) is 6.87. The van der Waals surface area contributed by atoms with Gasteiger partial charge in [-0.2, -0.15) is 0 Å². The van der Waals surface area contributed by atoms with Gasteiger partial charge >= 0.3 is 0 Å². The van der Waals surface area contributed by atoms with Gasteiger partial charge in [-0.3, -0.25) is 0 Å². The summed E-state index contributed by atoms with van der Waals surface area (Å²) in [5, 5.41) is 3.52. The van der Waals surface area contributed by atoms with E-state index in [-0.39, 0.29) is 0 Å². The molecule has 1 atom stereocenters. The third kappa shape index (κ3) is 4.95. The van der Waals surface area contributed by atoms with E-state index in [1.807, 2.05) is 0 Å². The van der Waals surface area contributed by atoms with E-state index >= 15 is 0 Å². The predicted octanol–water partition coefficient (Wildman–Crippen LogP) is 4.27. The number of benzene rings is 1. The largest absolute Gasteiger partial charge is 0.305 e. The molecule has 1 aromatic carbocycles. The first-order valence-electron chi connectivity index (χ1n) is 5.71. The van der Waals surface area contributed by atoms with Crippen LogP contribution in [0.1, 0.15) is 31.9 Å². The van der Waals surface area contributed by atoms with Crippen molar-refractivity contribution in [2.45, 2.75) is 26.3 Å². The monoisotopic (exact) mass is 281 g/mol. The lowest BCUT2D eigenvalue weighted by atomic mass is 9.97. The fourth-order valence-electron chi connectivity index (χ4n) is 1.73. The predicted molar refractivity (Wildman–Crippen MR) is 74.7 cm³/mol. The molecule has 88 valence electrons. The van der Waals surface area contributed by atoms with Crippen LogP contribution in [0.25, 0.3) is 0 Å². The number of rotatable bonds is 6. The van der Waals surface area contributed by atoms with E-state index in [1.165, 1.54) is 5.56 Å². The van der Waals surface area contributed by atoms with Gasteiger partial charge in [-0.25, -0.2) is 0 Å². The molecule has 0 aliphatic heterocycles. The maximum absolute atomic E-state index is 3.85. The number of hydrogen-bond acceptors (Lipinski definition) is 1. The number of nitrogens with one attached hydrogen (secondary N) is 1. The lowest BCUT2D eigenvalue weighted by Crippen LogP contribution is -2.23. The highest BCUT2D eigenvalue weighted by atomic mass is 79.9. The smallest absolute Gasteiger partial charge is 0.0325 e. The Morgan fingerprint density at radius 1 is 1.31 bits per heavy atom. The summed E-state index contributed by atoms with van der Waals surface area (Å²) in [5.41, 5.74) is 1.35. The average molecular weight is 282 g/mol. The fourth-order valence-corrected chi connectivity index (χ4v) is 1.89. The molecule has 0 aliphatic rings. The molecule has 0 saturated heterocycles. The fraction of sp³-hybridized carbons (Fsp3) is 0.429. The molecular formula is C14H20BrN.